The molecule has 0 bridgehead atoms. The molecule has 2 heterocycles. The van der Waals surface area contributed by atoms with Crippen molar-refractivity contribution in [1.29, 1.82) is 0 Å². The van der Waals surface area contributed by atoms with E-state index in [9.17, 15) is 4.79 Å². The Kier molecular flexibility index (Phi) is 5.24. The number of carbonyl (C=O) groups excluding carboxylic acids is 1. The molecule has 1 amide bonds. The average Bonchev–Trinajstić information content (AvgIpc) is 2.72. The maximum Gasteiger partial charge on any atom is 0.251 e. The molecular weight excluding hydrogens is 374 g/mol. The standard InChI is InChI=1S/C21H24ClN5O/c1-23-19(28)15-5-6-17-18(12-15)26-20(21(27-17)7-9-24-10-8-21)25-13-14-3-2-4-16(22)11-14/h2-6,11-12,24,27H,7-10,13H2,1H3,(H,23,28)(H,25,26). The number of rotatable bonds is 3. The van der Waals surface area contributed by atoms with Crippen molar-refractivity contribution in [2.24, 2.45) is 4.99 Å². The molecular formula is C21H24ClN5O. The molecule has 146 valence electrons. The number of amidine groups is 1. The summed E-state index contributed by atoms with van der Waals surface area (Å²) < 4.78 is 0. The molecule has 1 spiro atoms. The Hall–Kier alpha value is -2.57. The van der Waals surface area contributed by atoms with E-state index < -0.39 is 0 Å². The van der Waals surface area contributed by atoms with Crippen LogP contribution in [0, 0.1) is 0 Å². The van der Waals surface area contributed by atoms with Crippen LogP contribution >= 0.6 is 11.6 Å². The third-order valence-corrected chi connectivity index (χ3v) is 5.59. The van der Waals surface area contributed by atoms with E-state index >= 15 is 0 Å². The molecule has 7 heteroatoms. The minimum Gasteiger partial charge on any atom is -0.371 e. The highest BCUT2D eigenvalue weighted by atomic mass is 35.5. The van der Waals surface area contributed by atoms with Crippen molar-refractivity contribution in [3.63, 3.8) is 0 Å². The Labute approximate surface area is 169 Å². The molecule has 2 aromatic rings. The van der Waals surface area contributed by atoms with Gasteiger partial charge >= 0.3 is 0 Å². The van der Waals surface area contributed by atoms with Crippen molar-refractivity contribution in [3.05, 3.63) is 58.6 Å². The van der Waals surface area contributed by atoms with Gasteiger partial charge in [-0.15, -0.1) is 0 Å². The summed E-state index contributed by atoms with van der Waals surface area (Å²) in [5.41, 5.74) is 3.32. The molecule has 0 radical (unpaired) electrons. The average molecular weight is 398 g/mol. The molecule has 0 atom stereocenters. The van der Waals surface area contributed by atoms with Crippen LogP contribution in [0.4, 0.5) is 11.4 Å². The number of nitrogens with one attached hydrogen (secondary N) is 4. The molecule has 1 saturated heterocycles. The molecule has 4 rings (SSSR count). The molecule has 1 fully saturated rings. The number of anilines is 2. The zero-order valence-electron chi connectivity index (χ0n) is 15.8. The van der Waals surface area contributed by atoms with Gasteiger partial charge < -0.3 is 21.3 Å². The molecule has 0 saturated carbocycles. The van der Waals surface area contributed by atoms with Gasteiger partial charge in [-0.2, -0.15) is 0 Å². The summed E-state index contributed by atoms with van der Waals surface area (Å²) >= 11 is 6.11. The first-order chi connectivity index (χ1) is 13.6. The van der Waals surface area contributed by atoms with E-state index in [-0.39, 0.29) is 11.4 Å². The van der Waals surface area contributed by atoms with Crippen molar-refractivity contribution in [2.75, 3.05) is 30.8 Å². The molecule has 0 aromatic heterocycles. The fraction of sp³-hybridized carbons (Fsp3) is 0.333. The molecule has 0 unspecified atom stereocenters. The summed E-state index contributed by atoms with van der Waals surface area (Å²) in [7, 11) is 1.63. The Balaban J connectivity index is 1.68. The summed E-state index contributed by atoms with van der Waals surface area (Å²) in [6.07, 6.45) is 1.87. The predicted octanol–water partition coefficient (Wildman–Crippen LogP) is 3.26. The summed E-state index contributed by atoms with van der Waals surface area (Å²) in [5.74, 6) is 0.805. The Morgan fingerprint density at radius 1 is 1.18 bits per heavy atom. The smallest absolute Gasteiger partial charge is 0.251 e. The monoisotopic (exact) mass is 397 g/mol. The van der Waals surface area contributed by atoms with Crippen molar-refractivity contribution in [3.8, 4) is 0 Å². The number of carbonyl (C=O) groups is 1. The first kappa shape index (κ1) is 18.8. The highest BCUT2D eigenvalue weighted by Crippen LogP contribution is 2.36. The van der Waals surface area contributed by atoms with Crippen LogP contribution in [0.5, 0.6) is 0 Å². The second-order valence-electron chi connectivity index (χ2n) is 7.22. The first-order valence-corrected chi connectivity index (χ1v) is 9.89. The lowest BCUT2D eigenvalue weighted by Crippen LogP contribution is -2.57. The van der Waals surface area contributed by atoms with E-state index in [1.165, 1.54) is 0 Å². The van der Waals surface area contributed by atoms with Gasteiger partial charge in [0.05, 0.1) is 23.5 Å². The van der Waals surface area contributed by atoms with Crippen LogP contribution < -0.4 is 21.3 Å². The fourth-order valence-electron chi connectivity index (χ4n) is 3.82. The largest absolute Gasteiger partial charge is 0.371 e. The van der Waals surface area contributed by atoms with E-state index in [0.29, 0.717) is 17.1 Å². The van der Waals surface area contributed by atoms with Gasteiger partial charge in [0.2, 0.25) is 0 Å². The fourth-order valence-corrected chi connectivity index (χ4v) is 4.03. The lowest BCUT2D eigenvalue weighted by atomic mass is 9.84. The Morgan fingerprint density at radius 2 is 2.00 bits per heavy atom. The molecule has 4 N–H and O–H groups in total. The molecule has 2 aromatic carbocycles. The quantitative estimate of drug-likeness (QED) is 0.641. The van der Waals surface area contributed by atoms with Gasteiger partial charge in [0.15, 0.2) is 0 Å². The molecule has 6 nitrogen and oxygen atoms in total. The van der Waals surface area contributed by atoms with Crippen molar-refractivity contribution in [1.82, 2.24) is 10.6 Å². The maximum atomic E-state index is 12.0. The number of fused-ring (bicyclic) bond motifs is 1. The zero-order chi connectivity index (χ0) is 19.6. The lowest BCUT2D eigenvalue weighted by Gasteiger charge is -2.44. The number of hydrogen-bond donors (Lipinski definition) is 4. The zero-order valence-corrected chi connectivity index (χ0v) is 16.6. The van der Waals surface area contributed by atoms with Crippen molar-refractivity contribution >= 4 is 34.7 Å². The number of hydrogen-bond acceptors (Lipinski definition) is 4. The normalized spacial score (nSPS) is 18.9. The van der Waals surface area contributed by atoms with Gasteiger partial charge in [0, 0.05) is 17.6 Å². The lowest BCUT2D eigenvalue weighted by molar-refractivity contribution is 0.0963. The highest BCUT2D eigenvalue weighted by molar-refractivity contribution is 6.30. The van der Waals surface area contributed by atoms with Crippen LogP contribution in [0.2, 0.25) is 5.02 Å². The van der Waals surface area contributed by atoms with Gasteiger partial charge in [-0.05, 0) is 61.8 Å². The van der Waals surface area contributed by atoms with Crippen LogP contribution in [0.1, 0.15) is 28.8 Å². The third kappa shape index (κ3) is 3.70. The number of aliphatic imine (C=N–C) groups is 1. The SMILES string of the molecule is CNC(=O)c1ccc2c(c1)NC(=NCc1cccc(Cl)c1)C1(CCNCC1)N2. The van der Waals surface area contributed by atoms with Gasteiger partial charge in [0.25, 0.3) is 5.91 Å². The van der Waals surface area contributed by atoms with E-state index in [1.807, 2.05) is 42.5 Å². The molecule has 2 aliphatic heterocycles. The Bertz CT molecular complexity index is 921. The van der Waals surface area contributed by atoms with E-state index in [4.69, 9.17) is 16.6 Å². The number of nitrogens with zero attached hydrogens (tertiary/aromatic N) is 1. The van der Waals surface area contributed by atoms with Gasteiger partial charge in [-0.3, -0.25) is 9.79 Å². The van der Waals surface area contributed by atoms with E-state index in [2.05, 4.69) is 21.3 Å². The summed E-state index contributed by atoms with van der Waals surface area (Å²) in [6.45, 7) is 2.40. The van der Waals surface area contributed by atoms with E-state index in [1.54, 1.807) is 7.05 Å². The van der Waals surface area contributed by atoms with Gasteiger partial charge in [0.1, 0.15) is 5.84 Å². The second-order valence-corrected chi connectivity index (χ2v) is 7.65. The minimum atomic E-state index is -0.231. The maximum absolute atomic E-state index is 12.0. The summed E-state index contributed by atoms with van der Waals surface area (Å²) in [4.78, 5) is 16.9. The van der Waals surface area contributed by atoms with Crippen LogP contribution in [0.15, 0.2) is 47.5 Å². The van der Waals surface area contributed by atoms with Gasteiger partial charge in [-0.1, -0.05) is 23.7 Å². The number of halogens is 1. The number of amides is 1. The Morgan fingerprint density at radius 3 is 2.75 bits per heavy atom. The first-order valence-electron chi connectivity index (χ1n) is 9.51. The summed E-state index contributed by atoms with van der Waals surface area (Å²) in [5, 5.41) is 14.0. The number of benzene rings is 2. The summed E-state index contributed by atoms with van der Waals surface area (Å²) in [6, 6.07) is 13.4. The van der Waals surface area contributed by atoms with Crippen LogP contribution in [-0.4, -0.2) is 37.4 Å². The van der Waals surface area contributed by atoms with E-state index in [0.717, 1.165) is 48.7 Å². The predicted molar refractivity (Wildman–Crippen MR) is 115 cm³/mol. The van der Waals surface area contributed by atoms with Crippen LogP contribution in [0.25, 0.3) is 0 Å². The third-order valence-electron chi connectivity index (χ3n) is 5.36. The highest BCUT2D eigenvalue weighted by Gasteiger charge is 2.41. The molecule has 0 aliphatic carbocycles. The van der Waals surface area contributed by atoms with Crippen molar-refractivity contribution in [2.45, 2.75) is 24.9 Å². The van der Waals surface area contributed by atoms with Crippen LogP contribution in [0.3, 0.4) is 0 Å². The second kappa shape index (κ2) is 7.81. The van der Waals surface area contributed by atoms with Gasteiger partial charge in [-0.25, -0.2) is 0 Å². The van der Waals surface area contributed by atoms with Crippen molar-refractivity contribution < 1.29 is 4.79 Å². The molecule has 28 heavy (non-hydrogen) atoms. The minimum absolute atomic E-state index is 0.107. The molecule has 2 aliphatic rings. The van der Waals surface area contributed by atoms with Crippen LogP contribution in [-0.2, 0) is 6.54 Å². The topological polar surface area (TPSA) is 77.5 Å². The number of piperidine rings is 1.